The minimum Gasteiger partial charge on any atom is -0.322 e. The normalized spacial score (nSPS) is 16.8. The fraction of sp³-hybridized carbons (Fsp3) is 0.480. The molecule has 1 fully saturated rings. The van der Waals surface area contributed by atoms with Gasteiger partial charge in [0.1, 0.15) is 0 Å². The van der Waals surface area contributed by atoms with Crippen LogP contribution < -0.4 is 10.6 Å². The van der Waals surface area contributed by atoms with Gasteiger partial charge in [0.2, 0.25) is 0 Å². The molecule has 0 aromatic heterocycles. The molecule has 0 aliphatic heterocycles. The van der Waals surface area contributed by atoms with Crippen molar-refractivity contribution in [3.05, 3.63) is 64.2 Å². The largest absolute Gasteiger partial charge is 0.322 e. The van der Waals surface area contributed by atoms with Crippen molar-refractivity contribution >= 4 is 11.6 Å². The van der Waals surface area contributed by atoms with Crippen molar-refractivity contribution < 1.29 is 4.79 Å². The maximum atomic E-state index is 12.8. The first-order valence-corrected chi connectivity index (χ1v) is 11.0. The predicted octanol–water partition coefficient (Wildman–Crippen LogP) is 5.20. The van der Waals surface area contributed by atoms with Gasteiger partial charge < -0.3 is 10.6 Å². The molecule has 148 valence electrons. The van der Waals surface area contributed by atoms with Crippen molar-refractivity contribution in [3.8, 4) is 0 Å². The molecule has 0 heterocycles. The van der Waals surface area contributed by atoms with Crippen LogP contribution in [0.1, 0.15) is 71.1 Å². The molecule has 0 atom stereocenters. The Morgan fingerprint density at radius 3 is 2.50 bits per heavy atom. The van der Waals surface area contributed by atoms with Gasteiger partial charge in [-0.05, 0) is 92.8 Å². The van der Waals surface area contributed by atoms with E-state index in [0.717, 1.165) is 48.7 Å². The fourth-order valence-electron chi connectivity index (χ4n) is 4.85. The molecule has 2 aliphatic carbocycles. The second kappa shape index (κ2) is 8.91. The number of hydrogen-bond acceptors (Lipinski definition) is 2. The summed E-state index contributed by atoms with van der Waals surface area (Å²) in [6.45, 7) is 3.05. The van der Waals surface area contributed by atoms with Crippen molar-refractivity contribution in [1.82, 2.24) is 5.32 Å². The number of benzene rings is 2. The Labute approximate surface area is 168 Å². The number of nitrogens with one attached hydrogen (secondary N) is 2. The minimum absolute atomic E-state index is 0.00141. The summed E-state index contributed by atoms with van der Waals surface area (Å²) >= 11 is 0. The highest BCUT2D eigenvalue weighted by Crippen LogP contribution is 2.31. The average Bonchev–Trinajstić information content (AvgIpc) is 3.23. The van der Waals surface area contributed by atoms with Gasteiger partial charge in [-0.2, -0.15) is 0 Å². The molecule has 0 bridgehead atoms. The van der Waals surface area contributed by atoms with Crippen LogP contribution in [0.2, 0.25) is 0 Å². The number of rotatable bonds is 6. The number of fused-ring (bicyclic) bond motifs is 1. The minimum atomic E-state index is 0.00141. The lowest BCUT2D eigenvalue weighted by molar-refractivity contribution is 0.102. The molecule has 28 heavy (non-hydrogen) atoms. The van der Waals surface area contributed by atoms with Crippen LogP contribution in [-0.4, -0.2) is 18.5 Å². The zero-order valence-electron chi connectivity index (χ0n) is 17.0. The van der Waals surface area contributed by atoms with Gasteiger partial charge in [-0.3, -0.25) is 4.79 Å². The lowest BCUT2D eigenvalue weighted by Gasteiger charge is -2.24. The number of anilines is 1. The molecule has 3 nitrogen and oxygen atoms in total. The smallest absolute Gasteiger partial charge is 0.255 e. The van der Waals surface area contributed by atoms with Gasteiger partial charge in [0.25, 0.3) is 5.91 Å². The molecule has 2 aromatic carbocycles. The Hall–Kier alpha value is -2.13. The summed E-state index contributed by atoms with van der Waals surface area (Å²) < 4.78 is 0. The fourth-order valence-corrected chi connectivity index (χ4v) is 4.85. The summed E-state index contributed by atoms with van der Waals surface area (Å²) in [6.07, 6.45) is 11.2. The van der Waals surface area contributed by atoms with Crippen LogP contribution >= 0.6 is 0 Å². The summed E-state index contributed by atoms with van der Waals surface area (Å²) in [4.78, 5) is 12.8. The van der Waals surface area contributed by atoms with E-state index in [0.29, 0.717) is 0 Å². The van der Waals surface area contributed by atoms with Gasteiger partial charge in [0.05, 0.1) is 0 Å². The SMILES string of the molecule is Cc1ccccc1C(=O)Nc1ccc(CCNC2CCCC2)c2c1CCCC2. The van der Waals surface area contributed by atoms with Crippen LogP contribution in [0.4, 0.5) is 5.69 Å². The molecule has 1 amide bonds. The quantitative estimate of drug-likeness (QED) is 0.727. The Morgan fingerprint density at radius 2 is 1.71 bits per heavy atom. The molecule has 0 radical (unpaired) electrons. The first kappa shape index (κ1) is 19.2. The highest BCUT2D eigenvalue weighted by atomic mass is 16.1. The van der Waals surface area contributed by atoms with E-state index in [-0.39, 0.29) is 5.91 Å². The van der Waals surface area contributed by atoms with Crippen LogP contribution in [0.3, 0.4) is 0 Å². The standard InChI is InChI=1S/C25H32N2O/c1-18-8-2-5-11-21(18)25(28)27-24-15-14-19(22-12-6-7-13-23(22)24)16-17-26-20-9-3-4-10-20/h2,5,8,11,14-15,20,26H,3-4,6-7,9-10,12-13,16-17H2,1H3,(H,27,28). The maximum absolute atomic E-state index is 12.8. The zero-order valence-corrected chi connectivity index (χ0v) is 17.0. The van der Waals surface area contributed by atoms with E-state index in [9.17, 15) is 4.79 Å². The van der Waals surface area contributed by atoms with Crippen molar-refractivity contribution in [1.29, 1.82) is 0 Å². The molecule has 2 N–H and O–H groups in total. The number of aryl methyl sites for hydroxylation is 1. The Bertz CT molecular complexity index is 836. The number of carbonyl (C=O) groups is 1. The third-order valence-electron chi connectivity index (χ3n) is 6.45. The van der Waals surface area contributed by atoms with E-state index < -0.39 is 0 Å². The van der Waals surface area contributed by atoms with Crippen molar-refractivity contribution in [2.24, 2.45) is 0 Å². The summed E-state index contributed by atoms with van der Waals surface area (Å²) in [5.74, 6) is 0.00141. The number of carbonyl (C=O) groups excluding carboxylic acids is 1. The summed E-state index contributed by atoms with van der Waals surface area (Å²) in [5, 5.41) is 6.94. The predicted molar refractivity (Wildman–Crippen MR) is 116 cm³/mol. The third-order valence-corrected chi connectivity index (χ3v) is 6.45. The molecular weight excluding hydrogens is 344 g/mol. The average molecular weight is 377 g/mol. The second-order valence-corrected chi connectivity index (χ2v) is 8.39. The molecule has 0 saturated heterocycles. The van der Waals surface area contributed by atoms with Gasteiger partial charge >= 0.3 is 0 Å². The third kappa shape index (κ3) is 4.30. The molecular formula is C25H32N2O. The molecule has 3 heteroatoms. The highest BCUT2D eigenvalue weighted by Gasteiger charge is 2.20. The van der Waals surface area contributed by atoms with E-state index in [1.807, 2.05) is 31.2 Å². The Morgan fingerprint density at radius 1 is 0.964 bits per heavy atom. The first-order chi connectivity index (χ1) is 13.7. The van der Waals surface area contributed by atoms with Gasteiger partial charge in [-0.15, -0.1) is 0 Å². The van der Waals surface area contributed by atoms with Crippen molar-refractivity contribution in [3.63, 3.8) is 0 Å². The van der Waals surface area contributed by atoms with Crippen LogP contribution in [0, 0.1) is 6.92 Å². The molecule has 0 unspecified atom stereocenters. The van der Waals surface area contributed by atoms with Crippen molar-refractivity contribution in [2.45, 2.75) is 70.8 Å². The van der Waals surface area contributed by atoms with E-state index in [1.165, 1.54) is 55.2 Å². The van der Waals surface area contributed by atoms with E-state index >= 15 is 0 Å². The van der Waals surface area contributed by atoms with Crippen LogP contribution in [-0.2, 0) is 19.3 Å². The van der Waals surface area contributed by atoms with Crippen LogP contribution in [0.25, 0.3) is 0 Å². The summed E-state index contributed by atoms with van der Waals surface area (Å²) in [5.41, 5.74) is 7.11. The lowest BCUT2D eigenvalue weighted by atomic mass is 9.86. The van der Waals surface area contributed by atoms with E-state index in [2.05, 4.69) is 22.8 Å². The highest BCUT2D eigenvalue weighted by molar-refractivity contribution is 6.05. The first-order valence-electron chi connectivity index (χ1n) is 11.0. The number of hydrogen-bond donors (Lipinski definition) is 2. The van der Waals surface area contributed by atoms with Gasteiger partial charge in [0.15, 0.2) is 0 Å². The van der Waals surface area contributed by atoms with Crippen LogP contribution in [0.15, 0.2) is 36.4 Å². The van der Waals surface area contributed by atoms with Crippen LogP contribution in [0.5, 0.6) is 0 Å². The lowest BCUT2D eigenvalue weighted by Crippen LogP contribution is -2.28. The monoisotopic (exact) mass is 376 g/mol. The second-order valence-electron chi connectivity index (χ2n) is 8.39. The summed E-state index contributed by atoms with van der Waals surface area (Å²) in [6, 6.07) is 12.9. The maximum Gasteiger partial charge on any atom is 0.255 e. The van der Waals surface area contributed by atoms with Gasteiger partial charge in [-0.25, -0.2) is 0 Å². The van der Waals surface area contributed by atoms with Gasteiger partial charge in [-0.1, -0.05) is 37.1 Å². The summed E-state index contributed by atoms with van der Waals surface area (Å²) in [7, 11) is 0. The topological polar surface area (TPSA) is 41.1 Å². The van der Waals surface area contributed by atoms with E-state index in [1.54, 1.807) is 0 Å². The molecule has 0 spiro atoms. The van der Waals surface area contributed by atoms with Crippen molar-refractivity contribution in [2.75, 3.05) is 11.9 Å². The van der Waals surface area contributed by atoms with E-state index in [4.69, 9.17) is 0 Å². The molecule has 2 aromatic rings. The molecule has 1 saturated carbocycles. The molecule has 4 rings (SSSR count). The van der Waals surface area contributed by atoms with Gasteiger partial charge in [0, 0.05) is 17.3 Å². The number of amides is 1. The Kier molecular flexibility index (Phi) is 6.11. The Balaban J connectivity index is 1.49. The molecule has 2 aliphatic rings. The zero-order chi connectivity index (χ0) is 19.3.